The Morgan fingerprint density at radius 1 is 1.30 bits per heavy atom. The van der Waals surface area contributed by atoms with Crippen molar-refractivity contribution in [1.29, 1.82) is 0 Å². The van der Waals surface area contributed by atoms with Gasteiger partial charge >= 0.3 is 0 Å². The summed E-state index contributed by atoms with van der Waals surface area (Å²) in [6.45, 7) is 12.0. The molecule has 2 aromatic heterocycles. The van der Waals surface area contributed by atoms with Crippen molar-refractivity contribution in [3.63, 3.8) is 0 Å². The van der Waals surface area contributed by atoms with E-state index in [1.807, 2.05) is 13.1 Å². The molecule has 0 amide bonds. The number of nitrogens with one attached hydrogen (secondary N) is 1. The molecular formula is C18H29IN6OS. The minimum Gasteiger partial charge on any atom is -0.364 e. The summed E-state index contributed by atoms with van der Waals surface area (Å²) in [5, 5.41) is 10.7. The first kappa shape index (κ1) is 22.1. The minimum atomic E-state index is 0. The molecule has 1 aliphatic heterocycles. The molecule has 2 aromatic rings. The van der Waals surface area contributed by atoms with Gasteiger partial charge in [-0.1, -0.05) is 25.9 Å². The van der Waals surface area contributed by atoms with E-state index in [0.717, 1.165) is 55.1 Å². The Balaban J connectivity index is 0.00000261. The van der Waals surface area contributed by atoms with E-state index in [1.54, 1.807) is 17.6 Å². The number of piperazine rings is 1. The molecule has 1 aliphatic rings. The number of thiazole rings is 1. The average Bonchev–Trinajstić information content (AvgIpc) is 3.28. The molecule has 0 atom stereocenters. The maximum Gasteiger partial charge on any atom is 0.194 e. The Labute approximate surface area is 182 Å². The Morgan fingerprint density at radius 2 is 2.04 bits per heavy atom. The monoisotopic (exact) mass is 504 g/mol. The number of nitrogens with zero attached hydrogens (tertiary/aromatic N) is 5. The lowest BCUT2D eigenvalue weighted by Gasteiger charge is -2.36. The molecule has 3 rings (SSSR count). The van der Waals surface area contributed by atoms with Crippen molar-refractivity contribution >= 4 is 41.3 Å². The van der Waals surface area contributed by atoms with Crippen molar-refractivity contribution in [2.75, 3.05) is 33.2 Å². The van der Waals surface area contributed by atoms with Crippen LogP contribution in [-0.2, 0) is 18.5 Å². The lowest BCUT2D eigenvalue weighted by Crippen LogP contribution is -2.52. The van der Waals surface area contributed by atoms with Crippen molar-refractivity contribution in [3.05, 3.63) is 34.1 Å². The zero-order valence-corrected chi connectivity index (χ0v) is 19.6. The van der Waals surface area contributed by atoms with Crippen LogP contribution in [0.25, 0.3) is 0 Å². The van der Waals surface area contributed by atoms with Crippen LogP contribution in [0.3, 0.4) is 0 Å². The van der Waals surface area contributed by atoms with E-state index in [-0.39, 0.29) is 29.4 Å². The summed E-state index contributed by atoms with van der Waals surface area (Å²) in [5.41, 5.74) is 2.23. The Bertz CT molecular complexity index is 717. The summed E-state index contributed by atoms with van der Waals surface area (Å²) < 4.78 is 4.91. The summed E-state index contributed by atoms with van der Waals surface area (Å²) in [5.74, 6) is 0.943. The zero-order chi connectivity index (χ0) is 18.6. The van der Waals surface area contributed by atoms with Gasteiger partial charge in [0.1, 0.15) is 11.3 Å². The largest absolute Gasteiger partial charge is 0.364 e. The molecule has 1 saturated heterocycles. The predicted octanol–water partition coefficient (Wildman–Crippen LogP) is 2.94. The molecule has 0 bridgehead atoms. The van der Waals surface area contributed by atoms with Crippen molar-refractivity contribution in [1.82, 2.24) is 25.3 Å². The number of halogens is 1. The zero-order valence-electron chi connectivity index (χ0n) is 16.4. The summed E-state index contributed by atoms with van der Waals surface area (Å²) in [6.07, 6.45) is 1.63. The van der Waals surface area contributed by atoms with Crippen LogP contribution in [-0.4, -0.2) is 59.1 Å². The van der Waals surface area contributed by atoms with Crippen LogP contribution < -0.4 is 5.32 Å². The second-order valence-corrected chi connectivity index (χ2v) is 8.47. The number of guanidine groups is 1. The Morgan fingerprint density at radius 3 is 2.59 bits per heavy atom. The van der Waals surface area contributed by atoms with E-state index in [9.17, 15) is 0 Å². The minimum absolute atomic E-state index is 0. The van der Waals surface area contributed by atoms with Gasteiger partial charge in [0.15, 0.2) is 5.96 Å². The lowest BCUT2D eigenvalue weighted by atomic mass is 9.93. The molecule has 0 saturated carbocycles. The third-order valence-corrected chi connectivity index (χ3v) is 5.33. The van der Waals surface area contributed by atoms with Crippen LogP contribution in [0, 0.1) is 0 Å². The van der Waals surface area contributed by atoms with E-state index < -0.39 is 0 Å². The van der Waals surface area contributed by atoms with Crippen LogP contribution in [0.2, 0.25) is 0 Å². The summed E-state index contributed by atoms with van der Waals surface area (Å²) in [6, 6.07) is 1.92. The molecule has 0 aliphatic carbocycles. The molecule has 9 heteroatoms. The van der Waals surface area contributed by atoms with Gasteiger partial charge < -0.3 is 14.7 Å². The Hall–Kier alpha value is -1.20. The van der Waals surface area contributed by atoms with Crippen LogP contribution in [0.4, 0.5) is 0 Å². The SMILES string of the molecule is CN=C(NCc1nc(C(C)(C)C)cs1)N1CCN(Cc2ccon2)CC1.I. The first-order valence-corrected chi connectivity index (χ1v) is 9.86. The summed E-state index contributed by atoms with van der Waals surface area (Å²) in [7, 11) is 1.84. The van der Waals surface area contributed by atoms with Gasteiger partial charge in [0.2, 0.25) is 0 Å². The number of aromatic nitrogens is 2. The third kappa shape index (κ3) is 6.15. The van der Waals surface area contributed by atoms with Gasteiger partial charge in [-0.2, -0.15) is 0 Å². The maximum absolute atomic E-state index is 4.91. The molecule has 1 N–H and O–H groups in total. The molecule has 3 heterocycles. The maximum atomic E-state index is 4.91. The molecular weight excluding hydrogens is 475 g/mol. The van der Waals surface area contributed by atoms with Crippen molar-refractivity contribution in [2.45, 2.75) is 39.3 Å². The highest BCUT2D eigenvalue weighted by molar-refractivity contribution is 14.0. The van der Waals surface area contributed by atoms with E-state index in [0.29, 0.717) is 6.54 Å². The van der Waals surface area contributed by atoms with E-state index in [4.69, 9.17) is 9.51 Å². The average molecular weight is 504 g/mol. The molecule has 0 aromatic carbocycles. The molecule has 27 heavy (non-hydrogen) atoms. The van der Waals surface area contributed by atoms with Crippen LogP contribution >= 0.6 is 35.3 Å². The first-order valence-electron chi connectivity index (χ1n) is 8.98. The van der Waals surface area contributed by atoms with Crippen LogP contribution in [0.15, 0.2) is 27.2 Å². The van der Waals surface area contributed by atoms with E-state index in [1.165, 1.54) is 0 Å². The molecule has 7 nitrogen and oxygen atoms in total. The Kier molecular flexibility index (Phi) is 8.04. The standard InChI is InChI=1S/C18H28N6OS.HI/c1-18(2,3)15-13-26-16(21-15)11-20-17(19-4)24-8-6-23(7-9-24)12-14-5-10-25-22-14;/h5,10,13H,6-9,11-12H2,1-4H3,(H,19,20);1H. The predicted molar refractivity (Wildman–Crippen MR) is 120 cm³/mol. The fourth-order valence-electron chi connectivity index (χ4n) is 2.89. The lowest BCUT2D eigenvalue weighted by molar-refractivity contribution is 0.169. The smallest absolute Gasteiger partial charge is 0.194 e. The molecule has 150 valence electrons. The van der Waals surface area contributed by atoms with E-state index >= 15 is 0 Å². The van der Waals surface area contributed by atoms with Gasteiger partial charge in [-0.25, -0.2) is 4.98 Å². The molecule has 1 fully saturated rings. The van der Waals surface area contributed by atoms with Crippen molar-refractivity contribution < 1.29 is 4.52 Å². The summed E-state index contributed by atoms with van der Waals surface area (Å²) in [4.78, 5) is 13.9. The summed E-state index contributed by atoms with van der Waals surface area (Å²) >= 11 is 1.71. The van der Waals surface area contributed by atoms with Gasteiger partial charge in [-0.15, -0.1) is 35.3 Å². The van der Waals surface area contributed by atoms with Gasteiger partial charge in [0, 0.05) is 56.6 Å². The number of rotatable bonds is 4. The molecule has 0 radical (unpaired) electrons. The van der Waals surface area contributed by atoms with Gasteiger partial charge in [-0.05, 0) is 0 Å². The van der Waals surface area contributed by atoms with Crippen molar-refractivity contribution in [3.8, 4) is 0 Å². The first-order chi connectivity index (χ1) is 12.5. The third-order valence-electron chi connectivity index (χ3n) is 4.48. The van der Waals surface area contributed by atoms with Gasteiger partial charge in [0.05, 0.1) is 17.9 Å². The highest BCUT2D eigenvalue weighted by Gasteiger charge is 2.21. The normalized spacial score (nSPS) is 16.3. The number of hydrogen-bond acceptors (Lipinski definition) is 6. The van der Waals surface area contributed by atoms with Gasteiger partial charge in [0.25, 0.3) is 0 Å². The highest BCUT2D eigenvalue weighted by Crippen LogP contribution is 2.23. The molecule has 0 spiro atoms. The number of hydrogen-bond donors (Lipinski definition) is 1. The number of aliphatic imine (C=N–C) groups is 1. The van der Waals surface area contributed by atoms with Crippen molar-refractivity contribution in [2.24, 2.45) is 4.99 Å². The second-order valence-electron chi connectivity index (χ2n) is 7.53. The fraction of sp³-hybridized carbons (Fsp3) is 0.611. The van der Waals surface area contributed by atoms with Crippen LogP contribution in [0.1, 0.15) is 37.2 Å². The van der Waals surface area contributed by atoms with Gasteiger partial charge in [-0.3, -0.25) is 9.89 Å². The molecule has 0 unspecified atom stereocenters. The van der Waals surface area contributed by atoms with Crippen LogP contribution in [0.5, 0.6) is 0 Å². The quantitative estimate of drug-likeness (QED) is 0.393. The van der Waals surface area contributed by atoms with E-state index in [2.05, 4.69) is 51.4 Å². The topological polar surface area (TPSA) is 69.8 Å². The second kappa shape index (κ2) is 9.83. The highest BCUT2D eigenvalue weighted by atomic mass is 127. The fourth-order valence-corrected chi connectivity index (χ4v) is 3.85.